The van der Waals surface area contributed by atoms with Crippen molar-refractivity contribution >= 4 is 11.3 Å². The van der Waals surface area contributed by atoms with Crippen molar-refractivity contribution in [2.24, 2.45) is 0 Å². The fourth-order valence-electron chi connectivity index (χ4n) is 2.39. The van der Waals surface area contributed by atoms with E-state index in [1.807, 2.05) is 18.2 Å². The fourth-order valence-corrected chi connectivity index (χ4v) is 3.12. The predicted octanol–water partition coefficient (Wildman–Crippen LogP) is 3.66. The van der Waals surface area contributed by atoms with Crippen LogP contribution in [0.15, 0.2) is 41.8 Å². The van der Waals surface area contributed by atoms with Crippen LogP contribution in [0.25, 0.3) is 0 Å². The van der Waals surface area contributed by atoms with Gasteiger partial charge < -0.3 is 4.74 Å². The first kappa shape index (κ1) is 14.1. The molecule has 0 amide bonds. The van der Waals surface area contributed by atoms with E-state index in [0.717, 1.165) is 13.1 Å². The first-order valence-corrected chi connectivity index (χ1v) is 8.13. The van der Waals surface area contributed by atoms with Gasteiger partial charge in [0, 0.05) is 24.0 Å². The lowest BCUT2D eigenvalue weighted by atomic mass is 10.2. The van der Waals surface area contributed by atoms with Crippen molar-refractivity contribution in [3.63, 3.8) is 0 Å². The van der Waals surface area contributed by atoms with Crippen molar-refractivity contribution in [2.75, 3.05) is 13.2 Å². The van der Waals surface area contributed by atoms with Crippen LogP contribution in [0.5, 0.6) is 5.75 Å². The summed E-state index contributed by atoms with van der Waals surface area (Å²) in [5.41, 5.74) is 0.605. The predicted molar refractivity (Wildman–Crippen MR) is 84.4 cm³/mol. The largest absolute Gasteiger partial charge is 0.491 e. The second-order valence-corrected chi connectivity index (χ2v) is 6.27. The standard InChI is InChI=1S/C17H18N2OS/c18-12-14-4-1-2-6-17(14)20-10-9-19(15-7-8-15)13-16-5-3-11-21-16/h1-6,11,15H,7-10,13H2. The van der Waals surface area contributed by atoms with Crippen LogP contribution in [0, 0.1) is 11.3 Å². The van der Waals surface area contributed by atoms with Crippen LogP contribution in [0.2, 0.25) is 0 Å². The van der Waals surface area contributed by atoms with Crippen LogP contribution < -0.4 is 4.74 Å². The second kappa shape index (κ2) is 6.75. The van der Waals surface area contributed by atoms with Crippen molar-refractivity contribution in [3.05, 3.63) is 52.2 Å². The summed E-state index contributed by atoms with van der Waals surface area (Å²) in [5, 5.41) is 11.2. The third-order valence-electron chi connectivity index (χ3n) is 3.65. The van der Waals surface area contributed by atoms with Crippen molar-refractivity contribution in [3.8, 4) is 11.8 Å². The van der Waals surface area contributed by atoms with Crippen LogP contribution in [-0.2, 0) is 6.54 Å². The highest BCUT2D eigenvalue weighted by Crippen LogP contribution is 2.29. The molecule has 1 saturated carbocycles. The van der Waals surface area contributed by atoms with E-state index in [4.69, 9.17) is 10.00 Å². The van der Waals surface area contributed by atoms with Gasteiger partial charge >= 0.3 is 0 Å². The lowest BCUT2D eigenvalue weighted by Crippen LogP contribution is -2.29. The van der Waals surface area contributed by atoms with Crippen LogP contribution in [0.4, 0.5) is 0 Å². The number of nitrogens with zero attached hydrogens (tertiary/aromatic N) is 2. The Kier molecular flexibility index (Phi) is 4.54. The molecule has 1 aliphatic rings. The van der Waals surface area contributed by atoms with Gasteiger partial charge in [-0.05, 0) is 36.4 Å². The van der Waals surface area contributed by atoms with Crippen molar-refractivity contribution < 1.29 is 4.74 Å². The van der Waals surface area contributed by atoms with Gasteiger partial charge in [0.1, 0.15) is 18.4 Å². The fraction of sp³-hybridized carbons (Fsp3) is 0.353. The SMILES string of the molecule is N#Cc1ccccc1OCCN(Cc1cccs1)C1CC1. The van der Waals surface area contributed by atoms with Crippen LogP contribution in [0.1, 0.15) is 23.3 Å². The van der Waals surface area contributed by atoms with Gasteiger partial charge in [-0.15, -0.1) is 11.3 Å². The van der Waals surface area contributed by atoms with Gasteiger partial charge in [-0.2, -0.15) is 5.26 Å². The minimum absolute atomic E-state index is 0.605. The molecular weight excluding hydrogens is 280 g/mol. The van der Waals surface area contributed by atoms with Gasteiger partial charge in [-0.3, -0.25) is 4.90 Å². The summed E-state index contributed by atoms with van der Waals surface area (Å²) < 4.78 is 5.79. The van der Waals surface area contributed by atoms with Gasteiger partial charge in [0.2, 0.25) is 0 Å². The lowest BCUT2D eigenvalue weighted by molar-refractivity contribution is 0.196. The maximum atomic E-state index is 9.06. The molecule has 1 fully saturated rings. The number of hydrogen-bond acceptors (Lipinski definition) is 4. The van der Waals surface area contributed by atoms with Gasteiger partial charge in [0.25, 0.3) is 0 Å². The summed E-state index contributed by atoms with van der Waals surface area (Å²) in [4.78, 5) is 3.89. The Bertz CT molecular complexity index is 614. The van der Waals surface area contributed by atoms with Crippen LogP contribution in [0.3, 0.4) is 0 Å². The Labute approximate surface area is 129 Å². The minimum atomic E-state index is 0.605. The molecule has 1 aromatic heterocycles. The molecule has 1 aliphatic carbocycles. The van der Waals surface area contributed by atoms with E-state index in [-0.39, 0.29) is 0 Å². The first-order valence-electron chi connectivity index (χ1n) is 7.25. The van der Waals surface area contributed by atoms with Crippen molar-refractivity contribution in [1.82, 2.24) is 4.90 Å². The molecule has 3 nitrogen and oxygen atoms in total. The smallest absolute Gasteiger partial charge is 0.137 e. The zero-order valence-electron chi connectivity index (χ0n) is 11.9. The Morgan fingerprint density at radius 2 is 2.10 bits per heavy atom. The van der Waals surface area contributed by atoms with Crippen LogP contribution >= 0.6 is 11.3 Å². The molecule has 2 aromatic rings. The van der Waals surface area contributed by atoms with E-state index >= 15 is 0 Å². The lowest BCUT2D eigenvalue weighted by Gasteiger charge is -2.21. The minimum Gasteiger partial charge on any atom is -0.491 e. The number of rotatable bonds is 7. The number of hydrogen-bond donors (Lipinski definition) is 0. The van der Waals surface area contributed by atoms with Gasteiger partial charge in [-0.25, -0.2) is 0 Å². The topological polar surface area (TPSA) is 36.3 Å². The molecule has 3 rings (SSSR count). The number of para-hydroxylation sites is 1. The highest BCUT2D eigenvalue weighted by atomic mass is 32.1. The Morgan fingerprint density at radius 1 is 1.24 bits per heavy atom. The Hall–Kier alpha value is -1.83. The zero-order valence-corrected chi connectivity index (χ0v) is 12.7. The van der Waals surface area contributed by atoms with Crippen molar-refractivity contribution in [2.45, 2.75) is 25.4 Å². The number of nitriles is 1. The van der Waals surface area contributed by atoms with Gasteiger partial charge in [-0.1, -0.05) is 18.2 Å². The molecule has 0 atom stereocenters. The molecule has 0 spiro atoms. The zero-order chi connectivity index (χ0) is 14.5. The molecule has 0 N–H and O–H groups in total. The first-order chi connectivity index (χ1) is 10.4. The van der Waals surface area contributed by atoms with E-state index in [0.29, 0.717) is 24.0 Å². The Morgan fingerprint density at radius 3 is 2.81 bits per heavy atom. The summed E-state index contributed by atoms with van der Waals surface area (Å²) >= 11 is 1.81. The van der Waals surface area contributed by atoms with E-state index in [1.54, 1.807) is 17.4 Å². The number of ether oxygens (including phenoxy) is 1. The highest BCUT2D eigenvalue weighted by Gasteiger charge is 2.28. The highest BCUT2D eigenvalue weighted by molar-refractivity contribution is 7.09. The van der Waals surface area contributed by atoms with E-state index in [2.05, 4.69) is 28.5 Å². The molecule has 0 radical (unpaired) electrons. The number of benzene rings is 1. The van der Waals surface area contributed by atoms with E-state index < -0.39 is 0 Å². The molecule has 1 aromatic carbocycles. The molecule has 108 valence electrons. The molecule has 0 saturated heterocycles. The molecule has 0 aliphatic heterocycles. The average molecular weight is 298 g/mol. The third-order valence-corrected chi connectivity index (χ3v) is 4.51. The van der Waals surface area contributed by atoms with Gasteiger partial charge in [0.05, 0.1) is 5.56 Å². The monoisotopic (exact) mass is 298 g/mol. The molecule has 1 heterocycles. The molecule has 0 unspecified atom stereocenters. The third kappa shape index (κ3) is 3.84. The summed E-state index contributed by atoms with van der Waals surface area (Å²) in [6, 6.07) is 14.6. The molecule has 21 heavy (non-hydrogen) atoms. The molecule has 0 bridgehead atoms. The second-order valence-electron chi connectivity index (χ2n) is 5.24. The van der Waals surface area contributed by atoms with Crippen LogP contribution in [-0.4, -0.2) is 24.1 Å². The quantitative estimate of drug-likeness (QED) is 0.782. The molecular formula is C17H18N2OS. The normalized spacial score (nSPS) is 14.1. The summed E-state index contributed by atoms with van der Waals surface area (Å²) in [7, 11) is 0. The van der Waals surface area contributed by atoms with E-state index in [9.17, 15) is 0 Å². The summed E-state index contributed by atoms with van der Waals surface area (Å²) in [6.45, 7) is 2.54. The summed E-state index contributed by atoms with van der Waals surface area (Å²) in [6.07, 6.45) is 2.58. The van der Waals surface area contributed by atoms with Crippen molar-refractivity contribution in [1.29, 1.82) is 5.26 Å². The Balaban J connectivity index is 1.54. The average Bonchev–Trinajstić information content (AvgIpc) is 3.24. The van der Waals surface area contributed by atoms with Gasteiger partial charge in [0.15, 0.2) is 0 Å². The van der Waals surface area contributed by atoms with E-state index in [1.165, 1.54) is 17.7 Å². The molecule has 4 heteroatoms. The summed E-state index contributed by atoms with van der Waals surface area (Å²) in [5.74, 6) is 0.687. The number of thiophene rings is 1. The maximum Gasteiger partial charge on any atom is 0.137 e. The maximum absolute atomic E-state index is 9.06.